The standard InChI is InChI=1S/C22H26N4O2/c1-14-23-13-22(28-14)19-9-6-16-12-24-17(10-20(16)25-19)11-21(27)15-4-7-18(8-5-15)26(2)3/h6,9-10,12-13,15,18H,4-5,7-8,11H2,1-3H3. The molecule has 0 bridgehead atoms. The molecule has 3 heterocycles. The lowest BCUT2D eigenvalue weighted by atomic mass is 9.82. The van der Waals surface area contributed by atoms with Crippen molar-refractivity contribution in [2.24, 2.45) is 5.92 Å². The molecule has 0 radical (unpaired) electrons. The highest BCUT2D eigenvalue weighted by molar-refractivity contribution is 5.85. The van der Waals surface area contributed by atoms with Gasteiger partial charge in [0.1, 0.15) is 11.5 Å². The van der Waals surface area contributed by atoms with E-state index in [1.165, 1.54) is 0 Å². The Bertz CT molecular complexity index is 987. The Labute approximate surface area is 165 Å². The van der Waals surface area contributed by atoms with Crippen LogP contribution in [0.2, 0.25) is 0 Å². The van der Waals surface area contributed by atoms with Gasteiger partial charge in [-0.05, 0) is 58.0 Å². The van der Waals surface area contributed by atoms with Gasteiger partial charge >= 0.3 is 0 Å². The molecule has 3 aromatic rings. The van der Waals surface area contributed by atoms with E-state index in [4.69, 9.17) is 4.42 Å². The van der Waals surface area contributed by atoms with Gasteiger partial charge in [-0.25, -0.2) is 9.97 Å². The first-order valence-electron chi connectivity index (χ1n) is 9.87. The number of fused-ring (bicyclic) bond motifs is 1. The van der Waals surface area contributed by atoms with Gasteiger partial charge in [-0.2, -0.15) is 0 Å². The largest absolute Gasteiger partial charge is 0.439 e. The second-order valence-electron chi connectivity index (χ2n) is 7.92. The molecule has 1 saturated carbocycles. The molecule has 0 atom stereocenters. The summed E-state index contributed by atoms with van der Waals surface area (Å²) in [7, 11) is 4.24. The second-order valence-corrected chi connectivity index (χ2v) is 7.92. The highest BCUT2D eigenvalue weighted by Gasteiger charge is 2.27. The van der Waals surface area contributed by atoms with Crippen LogP contribution in [-0.4, -0.2) is 45.8 Å². The van der Waals surface area contributed by atoms with E-state index < -0.39 is 0 Å². The fourth-order valence-electron chi connectivity index (χ4n) is 4.01. The fourth-order valence-corrected chi connectivity index (χ4v) is 4.01. The van der Waals surface area contributed by atoms with E-state index in [9.17, 15) is 4.79 Å². The normalized spacial score (nSPS) is 20.0. The van der Waals surface area contributed by atoms with Crippen molar-refractivity contribution in [2.45, 2.75) is 45.1 Å². The minimum atomic E-state index is 0.158. The number of aryl methyl sites for hydroxylation is 1. The molecule has 0 N–H and O–H groups in total. The van der Waals surface area contributed by atoms with Crippen LogP contribution < -0.4 is 0 Å². The third-order valence-electron chi connectivity index (χ3n) is 5.74. The first-order valence-corrected chi connectivity index (χ1v) is 9.87. The maximum Gasteiger partial charge on any atom is 0.191 e. The van der Waals surface area contributed by atoms with Gasteiger partial charge in [0, 0.05) is 42.6 Å². The van der Waals surface area contributed by atoms with Gasteiger partial charge in [-0.1, -0.05) is 0 Å². The highest BCUT2D eigenvalue weighted by Crippen LogP contribution is 2.28. The Balaban J connectivity index is 1.49. The number of carbonyl (C=O) groups is 1. The third kappa shape index (κ3) is 3.97. The molecule has 1 aliphatic rings. The van der Waals surface area contributed by atoms with Crippen molar-refractivity contribution in [3.63, 3.8) is 0 Å². The molecule has 28 heavy (non-hydrogen) atoms. The lowest BCUT2D eigenvalue weighted by molar-refractivity contribution is -0.123. The van der Waals surface area contributed by atoms with Crippen LogP contribution in [0.1, 0.15) is 37.3 Å². The van der Waals surface area contributed by atoms with E-state index >= 15 is 0 Å². The minimum absolute atomic E-state index is 0.158. The Hall–Kier alpha value is -2.60. The highest BCUT2D eigenvalue weighted by atomic mass is 16.4. The number of rotatable bonds is 5. The van der Waals surface area contributed by atoms with Crippen LogP contribution in [0.3, 0.4) is 0 Å². The van der Waals surface area contributed by atoms with Gasteiger partial charge in [0.15, 0.2) is 11.7 Å². The summed E-state index contributed by atoms with van der Waals surface area (Å²) in [5.41, 5.74) is 2.34. The molecule has 6 heteroatoms. The molecule has 0 saturated heterocycles. The van der Waals surface area contributed by atoms with Gasteiger partial charge < -0.3 is 9.32 Å². The maximum absolute atomic E-state index is 12.8. The Morgan fingerprint density at radius 3 is 2.61 bits per heavy atom. The van der Waals surface area contributed by atoms with Crippen LogP contribution in [0.15, 0.2) is 35.0 Å². The summed E-state index contributed by atoms with van der Waals surface area (Å²) in [5, 5.41) is 0.947. The summed E-state index contributed by atoms with van der Waals surface area (Å²) in [6, 6.07) is 6.39. The third-order valence-corrected chi connectivity index (χ3v) is 5.74. The average Bonchev–Trinajstić information content (AvgIpc) is 3.14. The smallest absolute Gasteiger partial charge is 0.191 e. The van der Waals surface area contributed by atoms with Gasteiger partial charge in [0.05, 0.1) is 11.7 Å². The number of Topliss-reactive ketones (excluding diaryl/α,β-unsaturated/α-hetero) is 1. The summed E-state index contributed by atoms with van der Waals surface area (Å²) >= 11 is 0. The van der Waals surface area contributed by atoms with Crippen molar-refractivity contribution in [1.29, 1.82) is 0 Å². The molecule has 0 aliphatic heterocycles. The molecule has 1 aliphatic carbocycles. The number of aromatic nitrogens is 3. The van der Waals surface area contributed by atoms with Crippen molar-refractivity contribution in [3.8, 4) is 11.5 Å². The molecule has 4 rings (SSSR count). The first kappa shape index (κ1) is 18.7. The van der Waals surface area contributed by atoms with E-state index in [-0.39, 0.29) is 5.92 Å². The number of nitrogens with zero attached hydrogens (tertiary/aromatic N) is 4. The molecule has 0 unspecified atom stereocenters. The Morgan fingerprint density at radius 2 is 1.93 bits per heavy atom. The summed E-state index contributed by atoms with van der Waals surface area (Å²) in [5.74, 6) is 1.71. The molecule has 1 fully saturated rings. The monoisotopic (exact) mass is 378 g/mol. The number of carbonyl (C=O) groups excluding carboxylic acids is 1. The van der Waals surface area contributed by atoms with E-state index in [0.29, 0.717) is 29.9 Å². The zero-order valence-corrected chi connectivity index (χ0v) is 16.7. The average molecular weight is 378 g/mol. The quantitative estimate of drug-likeness (QED) is 0.672. The molecular formula is C22H26N4O2. The van der Waals surface area contributed by atoms with Crippen LogP contribution in [0.4, 0.5) is 0 Å². The SMILES string of the molecule is Cc1ncc(-c2ccc3cnc(CC(=O)C4CCC(N(C)C)CC4)cc3n2)o1. The van der Waals surface area contributed by atoms with Crippen LogP contribution in [0.5, 0.6) is 0 Å². The van der Waals surface area contributed by atoms with E-state index in [1.54, 1.807) is 12.4 Å². The summed E-state index contributed by atoms with van der Waals surface area (Å²) in [6.45, 7) is 1.81. The zero-order chi connectivity index (χ0) is 19.7. The van der Waals surface area contributed by atoms with Gasteiger partial charge in [-0.15, -0.1) is 0 Å². The Kier molecular flexibility index (Phi) is 5.22. The molecule has 0 amide bonds. The molecular weight excluding hydrogens is 352 g/mol. The van der Waals surface area contributed by atoms with Crippen molar-refractivity contribution in [2.75, 3.05) is 14.1 Å². The van der Waals surface area contributed by atoms with Crippen LogP contribution in [-0.2, 0) is 11.2 Å². The maximum atomic E-state index is 12.8. The predicted octanol–water partition coefficient (Wildman–Crippen LogP) is 3.83. The van der Waals surface area contributed by atoms with Crippen molar-refractivity contribution < 1.29 is 9.21 Å². The van der Waals surface area contributed by atoms with Gasteiger partial charge in [-0.3, -0.25) is 9.78 Å². The molecule has 0 aromatic carbocycles. The van der Waals surface area contributed by atoms with Crippen LogP contribution in [0, 0.1) is 12.8 Å². The zero-order valence-electron chi connectivity index (χ0n) is 16.7. The lowest BCUT2D eigenvalue weighted by Crippen LogP contribution is -2.34. The van der Waals surface area contributed by atoms with E-state index in [2.05, 4.69) is 33.9 Å². The van der Waals surface area contributed by atoms with Gasteiger partial charge in [0.2, 0.25) is 0 Å². The lowest BCUT2D eigenvalue weighted by Gasteiger charge is -2.31. The second kappa shape index (κ2) is 7.80. The van der Waals surface area contributed by atoms with E-state index in [1.807, 2.05) is 25.1 Å². The Morgan fingerprint density at radius 1 is 1.14 bits per heavy atom. The number of ketones is 1. The van der Waals surface area contributed by atoms with Crippen molar-refractivity contribution in [1.82, 2.24) is 19.9 Å². The molecule has 6 nitrogen and oxygen atoms in total. The minimum Gasteiger partial charge on any atom is -0.439 e. The first-order chi connectivity index (χ1) is 13.5. The molecule has 146 valence electrons. The molecule has 0 spiro atoms. The predicted molar refractivity (Wildman–Crippen MR) is 108 cm³/mol. The summed E-state index contributed by atoms with van der Waals surface area (Å²) < 4.78 is 5.57. The van der Waals surface area contributed by atoms with Crippen LogP contribution in [0.25, 0.3) is 22.4 Å². The summed E-state index contributed by atoms with van der Waals surface area (Å²) in [4.78, 5) is 28.3. The number of oxazole rings is 1. The van der Waals surface area contributed by atoms with Gasteiger partial charge in [0.25, 0.3) is 0 Å². The summed E-state index contributed by atoms with van der Waals surface area (Å²) in [6.07, 6.45) is 7.99. The molecule has 3 aromatic heterocycles. The van der Waals surface area contributed by atoms with E-state index in [0.717, 1.165) is 48.0 Å². The number of hydrogen-bond acceptors (Lipinski definition) is 6. The number of pyridine rings is 2. The van der Waals surface area contributed by atoms with Crippen molar-refractivity contribution >= 4 is 16.7 Å². The number of hydrogen-bond donors (Lipinski definition) is 0. The fraction of sp³-hybridized carbons (Fsp3) is 0.455. The topological polar surface area (TPSA) is 72.1 Å². The van der Waals surface area contributed by atoms with Crippen molar-refractivity contribution in [3.05, 3.63) is 42.2 Å². The van der Waals surface area contributed by atoms with Crippen LogP contribution >= 0.6 is 0 Å².